The second kappa shape index (κ2) is 6.13. The van der Waals surface area contributed by atoms with Crippen molar-refractivity contribution in [2.24, 2.45) is 29.1 Å². The van der Waals surface area contributed by atoms with Crippen LogP contribution in [0.5, 0.6) is 0 Å². The van der Waals surface area contributed by atoms with Gasteiger partial charge in [0.2, 0.25) is 0 Å². The molecule has 4 saturated carbocycles. The third-order valence-corrected chi connectivity index (χ3v) is 13.5. The van der Waals surface area contributed by atoms with E-state index in [9.17, 15) is 0 Å². The van der Waals surface area contributed by atoms with Gasteiger partial charge in [-0.05, 0) is 146 Å². The molecule has 0 aliphatic heterocycles. The second-order valence-corrected chi connectivity index (χ2v) is 15.5. The van der Waals surface area contributed by atoms with Gasteiger partial charge in [-0.1, -0.05) is 70.0 Å². The van der Waals surface area contributed by atoms with E-state index in [1.807, 2.05) is 0 Å². The third-order valence-electron chi connectivity index (χ3n) is 12.5. The molecule has 37 heavy (non-hydrogen) atoms. The molecule has 6 aliphatic carbocycles. The lowest BCUT2D eigenvalue weighted by atomic mass is 9.34. The maximum absolute atomic E-state index is 3.80. The summed E-state index contributed by atoms with van der Waals surface area (Å²) in [5, 5.41) is 2.76. The maximum Gasteiger partial charge on any atom is 0.0283 e. The van der Waals surface area contributed by atoms with E-state index in [2.05, 4.69) is 106 Å². The Morgan fingerprint density at radius 1 is 0.649 bits per heavy atom. The summed E-state index contributed by atoms with van der Waals surface area (Å²) >= 11 is 7.56. The number of hydrogen-bond donors (Lipinski definition) is 0. The highest BCUT2D eigenvalue weighted by Crippen LogP contribution is 2.88. The molecule has 4 fully saturated rings. The Hall–Kier alpha value is -1.90. The summed E-state index contributed by atoms with van der Waals surface area (Å²) in [5.41, 5.74) is 13.4. The average molecular weight is 608 g/mol. The molecule has 182 valence electrons. The Morgan fingerprint density at radius 2 is 1.41 bits per heavy atom. The van der Waals surface area contributed by atoms with Crippen molar-refractivity contribution >= 4 is 42.6 Å². The van der Waals surface area contributed by atoms with Gasteiger partial charge in [-0.25, -0.2) is 0 Å². The van der Waals surface area contributed by atoms with Crippen LogP contribution in [0, 0.1) is 29.1 Å². The van der Waals surface area contributed by atoms with E-state index in [4.69, 9.17) is 0 Å². The molecule has 6 aliphatic rings. The number of halogens is 2. The lowest BCUT2D eigenvalue weighted by molar-refractivity contribution is -0.193. The van der Waals surface area contributed by atoms with Crippen LogP contribution in [-0.2, 0) is 10.8 Å². The Labute approximate surface area is 235 Å². The van der Waals surface area contributed by atoms with Crippen LogP contribution in [0.15, 0.2) is 69.6 Å². The highest BCUT2D eigenvalue weighted by molar-refractivity contribution is 9.10. The first-order valence-corrected chi connectivity index (χ1v) is 15.7. The summed E-state index contributed by atoms with van der Waals surface area (Å²) in [6.07, 6.45) is 5.89. The number of benzene rings is 4. The van der Waals surface area contributed by atoms with Crippen molar-refractivity contribution in [2.45, 2.75) is 50.4 Å². The standard InChI is InChI=1S/C35H28Br2/c1-33(2)27-8-7-24-26-10-17-3-4-22(36)9-18(17)11-29(26)35(21-13-19-12-20-14-30(35)34(19,20)16-21)32(24)31(27)25-6-5-23(37)15-28(25)33/h3-11,15,19-21,30H,12-14,16H2,1-2H3. The zero-order chi connectivity index (χ0) is 24.6. The van der Waals surface area contributed by atoms with Crippen molar-refractivity contribution in [1.29, 1.82) is 0 Å². The molecule has 2 spiro atoms. The van der Waals surface area contributed by atoms with E-state index in [-0.39, 0.29) is 10.8 Å². The topological polar surface area (TPSA) is 0 Å². The first kappa shape index (κ1) is 21.0. The predicted octanol–water partition coefficient (Wildman–Crippen LogP) is 10.0. The predicted molar refractivity (Wildman–Crippen MR) is 158 cm³/mol. The van der Waals surface area contributed by atoms with Crippen LogP contribution in [-0.4, -0.2) is 0 Å². The second-order valence-electron chi connectivity index (χ2n) is 13.7. The van der Waals surface area contributed by atoms with Crippen molar-refractivity contribution in [3.8, 4) is 22.3 Å². The molecule has 6 atom stereocenters. The number of rotatable bonds is 0. The van der Waals surface area contributed by atoms with Gasteiger partial charge >= 0.3 is 0 Å². The third kappa shape index (κ3) is 2.01. The van der Waals surface area contributed by atoms with E-state index in [0.29, 0.717) is 5.41 Å². The van der Waals surface area contributed by atoms with Crippen molar-refractivity contribution in [1.82, 2.24) is 0 Å². The van der Waals surface area contributed by atoms with Crippen molar-refractivity contribution in [3.63, 3.8) is 0 Å². The lowest BCUT2D eigenvalue weighted by Gasteiger charge is -2.70. The van der Waals surface area contributed by atoms with Crippen LogP contribution in [0.2, 0.25) is 0 Å². The molecule has 10 rings (SSSR count). The molecule has 0 radical (unpaired) electrons. The van der Waals surface area contributed by atoms with Gasteiger partial charge in [-0.3, -0.25) is 0 Å². The van der Waals surface area contributed by atoms with Crippen LogP contribution in [0.1, 0.15) is 61.8 Å². The molecule has 0 aromatic heterocycles. The SMILES string of the molecule is CC1(C)c2cc(Br)ccc2-c2c1ccc1c2C2(c3cc4cc(Br)ccc4cc3-1)C1CC3CC4CC2C34C1. The van der Waals surface area contributed by atoms with Gasteiger partial charge in [0.1, 0.15) is 0 Å². The van der Waals surface area contributed by atoms with Crippen molar-refractivity contribution in [2.75, 3.05) is 0 Å². The molecule has 4 aromatic rings. The van der Waals surface area contributed by atoms with E-state index >= 15 is 0 Å². The van der Waals surface area contributed by atoms with E-state index in [1.165, 1.54) is 67.7 Å². The number of fused-ring (bicyclic) bond motifs is 13. The summed E-state index contributed by atoms with van der Waals surface area (Å²) in [4.78, 5) is 0. The quantitative estimate of drug-likeness (QED) is 0.186. The van der Waals surface area contributed by atoms with E-state index < -0.39 is 0 Å². The van der Waals surface area contributed by atoms with Gasteiger partial charge < -0.3 is 0 Å². The average Bonchev–Trinajstić information content (AvgIpc) is 3.52. The fourth-order valence-electron chi connectivity index (χ4n) is 11.3. The van der Waals surface area contributed by atoms with Gasteiger partial charge in [0.25, 0.3) is 0 Å². The highest BCUT2D eigenvalue weighted by atomic mass is 79.9. The molecule has 0 heterocycles. The molecule has 0 N–H and O–H groups in total. The number of hydrogen-bond acceptors (Lipinski definition) is 0. The monoisotopic (exact) mass is 606 g/mol. The molecule has 0 amide bonds. The summed E-state index contributed by atoms with van der Waals surface area (Å²) in [6.45, 7) is 4.88. The summed E-state index contributed by atoms with van der Waals surface area (Å²) in [5.74, 6) is 3.62. The molecular weight excluding hydrogens is 580 g/mol. The highest BCUT2D eigenvalue weighted by Gasteiger charge is 2.82. The zero-order valence-corrected chi connectivity index (χ0v) is 24.3. The van der Waals surface area contributed by atoms with Crippen LogP contribution in [0.25, 0.3) is 33.0 Å². The first-order valence-electron chi connectivity index (χ1n) is 14.1. The van der Waals surface area contributed by atoms with Gasteiger partial charge in [0, 0.05) is 19.8 Å². The normalized spacial score (nSPS) is 35.6. The largest absolute Gasteiger partial charge is 0.0569 e. The minimum Gasteiger partial charge on any atom is -0.0569 e. The molecule has 6 unspecified atom stereocenters. The van der Waals surface area contributed by atoms with Gasteiger partial charge in [-0.2, -0.15) is 0 Å². The Morgan fingerprint density at radius 3 is 2.24 bits per heavy atom. The van der Waals surface area contributed by atoms with Crippen molar-refractivity contribution < 1.29 is 0 Å². The van der Waals surface area contributed by atoms with Crippen LogP contribution >= 0.6 is 31.9 Å². The summed E-state index contributed by atoms with van der Waals surface area (Å²) < 4.78 is 2.37. The molecule has 2 bridgehead atoms. The van der Waals surface area contributed by atoms with Gasteiger partial charge in [0.05, 0.1) is 0 Å². The smallest absolute Gasteiger partial charge is 0.0283 e. The van der Waals surface area contributed by atoms with Gasteiger partial charge in [0.15, 0.2) is 0 Å². The molecular formula is C35H28Br2. The van der Waals surface area contributed by atoms with Crippen LogP contribution < -0.4 is 0 Å². The maximum atomic E-state index is 3.80. The zero-order valence-electron chi connectivity index (χ0n) is 21.2. The molecule has 4 aromatic carbocycles. The Kier molecular flexibility index (Phi) is 3.47. The van der Waals surface area contributed by atoms with E-state index in [1.54, 1.807) is 22.3 Å². The Balaban J connectivity index is 1.36. The summed E-state index contributed by atoms with van der Waals surface area (Å²) in [6, 6.07) is 24.1. The van der Waals surface area contributed by atoms with Crippen LogP contribution in [0.3, 0.4) is 0 Å². The minimum atomic E-state index is 0.0199. The Bertz CT molecular complexity index is 1780. The van der Waals surface area contributed by atoms with Gasteiger partial charge in [-0.15, -0.1) is 0 Å². The van der Waals surface area contributed by atoms with Crippen LogP contribution in [0.4, 0.5) is 0 Å². The summed E-state index contributed by atoms with van der Waals surface area (Å²) in [7, 11) is 0. The lowest BCUT2D eigenvalue weighted by Crippen LogP contribution is -2.65. The molecule has 2 heteroatoms. The molecule has 0 nitrogen and oxygen atoms in total. The molecule has 0 saturated heterocycles. The fourth-order valence-corrected chi connectivity index (χ4v) is 12.0. The van der Waals surface area contributed by atoms with Crippen molar-refractivity contribution in [3.05, 3.63) is 91.9 Å². The fraction of sp³-hybridized carbons (Fsp3) is 0.371. The van der Waals surface area contributed by atoms with E-state index in [0.717, 1.165) is 23.7 Å². The minimum absolute atomic E-state index is 0.0199. The first-order chi connectivity index (χ1) is 17.8.